The Morgan fingerprint density at radius 2 is 1.81 bits per heavy atom. The molecule has 136 valence electrons. The standard InChI is InChI=1S/C19H13FN2O5/c1-24-15-5-3-10(9-16(15)25-2)17-21-18(27-22-17)13-8-11-7-12(20)4-6-14(11)26-19(13)23/h3-9H,1-2H3. The Morgan fingerprint density at radius 1 is 1.00 bits per heavy atom. The third-order valence-corrected chi connectivity index (χ3v) is 3.99. The van der Waals surface area contributed by atoms with Crippen molar-refractivity contribution in [3.05, 3.63) is 58.7 Å². The van der Waals surface area contributed by atoms with Gasteiger partial charge in [-0.15, -0.1) is 0 Å². The smallest absolute Gasteiger partial charge is 0.349 e. The number of hydrogen-bond donors (Lipinski definition) is 0. The molecule has 0 unspecified atom stereocenters. The summed E-state index contributed by atoms with van der Waals surface area (Å²) in [6, 6.07) is 10.4. The lowest BCUT2D eigenvalue weighted by Gasteiger charge is -2.07. The van der Waals surface area contributed by atoms with Crippen LogP contribution < -0.4 is 15.1 Å². The Labute approximate surface area is 152 Å². The van der Waals surface area contributed by atoms with Crippen molar-refractivity contribution in [1.82, 2.24) is 10.1 Å². The van der Waals surface area contributed by atoms with Crippen LogP contribution in [0.15, 0.2) is 56.2 Å². The Bertz CT molecular complexity index is 1200. The third-order valence-electron chi connectivity index (χ3n) is 3.99. The Morgan fingerprint density at radius 3 is 2.59 bits per heavy atom. The molecule has 0 saturated heterocycles. The molecule has 0 radical (unpaired) electrons. The topological polar surface area (TPSA) is 87.6 Å². The summed E-state index contributed by atoms with van der Waals surface area (Å²) in [4.78, 5) is 16.5. The summed E-state index contributed by atoms with van der Waals surface area (Å²) >= 11 is 0. The average molecular weight is 368 g/mol. The molecule has 2 aromatic carbocycles. The average Bonchev–Trinajstić information content (AvgIpc) is 3.17. The van der Waals surface area contributed by atoms with Crippen LogP contribution in [-0.4, -0.2) is 24.4 Å². The molecule has 0 fully saturated rings. The molecule has 0 saturated carbocycles. The van der Waals surface area contributed by atoms with E-state index >= 15 is 0 Å². The predicted octanol–water partition coefficient (Wildman–Crippen LogP) is 3.67. The van der Waals surface area contributed by atoms with Crippen molar-refractivity contribution < 1.29 is 22.8 Å². The predicted molar refractivity (Wildman–Crippen MR) is 94.3 cm³/mol. The summed E-state index contributed by atoms with van der Waals surface area (Å²) in [5.41, 5.74) is 0.271. The minimum Gasteiger partial charge on any atom is -0.493 e. The first-order valence-electron chi connectivity index (χ1n) is 7.89. The van der Waals surface area contributed by atoms with Crippen LogP contribution in [0.5, 0.6) is 11.5 Å². The van der Waals surface area contributed by atoms with Crippen molar-refractivity contribution in [3.63, 3.8) is 0 Å². The fraction of sp³-hybridized carbons (Fsp3) is 0.105. The SMILES string of the molecule is COc1ccc(-c2noc(-c3cc4cc(F)ccc4oc3=O)n2)cc1OC. The summed E-state index contributed by atoms with van der Waals surface area (Å²) in [6.07, 6.45) is 0. The van der Waals surface area contributed by atoms with E-state index in [1.165, 1.54) is 38.5 Å². The lowest BCUT2D eigenvalue weighted by atomic mass is 10.1. The van der Waals surface area contributed by atoms with Gasteiger partial charge in [-0.25, -0.2) is 9.18 Å². The van der Waals surface area contributed by atoms with Crippen LogP contribution in [0.25, 0.3) is 33.8 Å². The van der Waals surface area contributed by atoms with Gasteiger partial charge < -0.3 is 18.4 Å². The summed E-state index contributed by atoms with van der Waals surface area (Å²) in [7, 11) is 3.05. The first kappa shape index (κ1) is 16.8. The van der Waals surface area contributed by atoms with Crippen molar-refractivity contribution >= 4 is 11.0 Å². The number of ether oxygens (including phenoxy) is 2. The van der Waals surface area contributed by atoms with Gasteiger partial charge in [-0.3, -0.25) is 0 Å². The van der Waals surface area contributed by atoms with Crippen molar-refractivity contribution in [2.45, 2.75) is 0 Å². The maximum Gasteiger partial charge on any atom is 0.349 e. The van der Waals surface area contributed by atoms with E-state index in [0.29, 0.717) is 22.4 Å². The Hall–Kier alpha value is -3.68. The zero-order chi connectivity index (χ0) is 19.0. The molecule has 4 rings (SSSR count). The second-order valence-corrected chi connectivity index (χ2v) is 5.62. The fourth-order valence-corrected chi connectivity index (χ4v) is 2.67. The number of aromatic nitrogens is 2. The van der Waals surface area contributed by atoms with Crippen molar-refractivity contribution in [2.24, 2.45) is 0 Å². The molecule has 0 aliphatic rings. The quantitative estimate of drug-likeness (QED) is 0.508. The highest BCUT2D eigenvalue weighted by Crippen LogP contribution is 2.32. The molecule has 0 bridgehead atoms. The van der Waals surface area contributed by atoms with Crippen molar-refractivity contribution in [3.8, 4) is 34.3 Å². The molecule has 0 amide bonds. The minimum absolute atomic E-state index is 0.0281. The number of fused-ring (bicyclic) bond motifs is 1. The van der Waals surface area contributed by atoms with E-state index in [-0.39, 0.29) is 22.9 Å². The van der Waals surface area contributed by atoms with Crippen LogP contribution in [-0.2, 0) is 0 Å². The molecule has 0 atom stereocenters. The van der Waals surface area contributed by atoms with Crippen molar-refractivity contribution in [1.29, 1.82) is 0 Å². The molecule has 2 heterocycles. The third kappa shape index (κ3) is 3.01. The molecule has 8 heteroatoms. The number of hydrogen-bond acceptors (Lipinski definition) is 7. The summed E-state index contributed by atoms with van der Waals surface area (Å²) < 4.78 is 34.3. The van der Waals surface area contributed by atoms with Gasteiger partial charge in [0.15, 0.2) is 11.5 Å². The highest BCUT2D eigenvalue weighted by molar-refractivity contribution is 5.80. The lowest BCUT2D eigenvalue weighted by Crippen LogP contribution is -2.03. The van der Waals surface area contributed by atoms with Gasteiger partial charge in [0, 0.05) is 10.9 Å². The maximum atomic E-state index is 13.4. The normalized spacial score (nSPS) is 10.9. The van der Waals surface area contributed by atoms with Crippen LogP contribution >= 0.6 is 0 Å². The van der Waals surface area contributed by atoms with Crippen LogP contribution in [0.4, 0.5) is 4.39 Å². The van der Waals surface area contributed by atoms with E-state index < -0.39 is 11.4 Å². The van der Waals surface area contributed by atoms with E-state index in [0.717, 1.165) is 0 Å². The second-order valence-electron chi connectivity index (χ2n) is 5.62. The van der Waals surface area contributed by atoms with E-state index in [2.05, 4.69) is 10.1 Å². The number of rotatable bonds is 4. The van der Waals surface area contributed by atoms with Crippen LogP contribution in [0.2, 0.25) is 0 Å². The summed E-state index contributed by atoms with van der Waals surface area (Å²) in [5, 5.41) is 4.31. The second kappa shape index (κ2) is 6.56. The molecule has 0 aliphatic heterocycles. The minimum atomic E-state index is -0.656. The monoisotopic (exact) mass is 368 g/mol. The first-order valence-corrected chi connectivity index (χ1v) is 7.89. The number of nitrogens with zero attached hydrogens (tertiary/aromatic N) is 2. The molecule has 0 N–H and O–H groups in total. The van der Waals surface area contributed by atoms with Gasteiger partial charge in [-0.2, -0.15) is 4.98 Å². The lowest BCUT2D eigenvalue weighted by molar-refractivity contribution is 0.355. The van der Waals surface area contributed by atoms with E-state index in [9.17, 15) is 9.18 Å². The van der Waals surface area contributed by atoms with Crippen LogP contribution in [0, 0.1) is 5.82 Å². The first-order chi connectivity index (χ1) is 13.1. The molecular weight excluding hydrogens is 355 g/mol. The largest absolute Gasteiger partial charge is 0.493 e. The Balaban J connectivity index is 1.78. The van der Waals surface area contributed by atoms with Crippen LogP contribution in [0.3, 0.4) is 0 Å². The molecule has 0 aliphatic carbocycles. The zero-order valence-corrected chi connectivity index (χ0v) is 14.4. The molecule has 27 heavy (non-hydrogen) atoms. The number of methoxy groups -OCH3 is 2. The number of benzene rings is 2. The Kier molecular flexibility index (Phi) is 4.08. The molecule has 0 spiro atoms. The van der Waals surface area contributed by atoms with Gasteiger partial charge >= 0.3 is 5.63 Å². The maximum absolute atomic E-state index is 13.4. The van der Waals surface area contributed by atoms with Gasteiger partial charge in [0.1, 0.15) is 17.0 Å². The summed E-state index contributed by atoms with van der Waals surface area (Å²) in [6.45, 7) is 0. The van der Waals surface area contributed by atoms with Crippen molar-refractivity contribution in [2.75, 3.05) is 14.2 Å². The fourth-order valence-electron chi connectivity index (χ4n) is 2.67. The molecule has 2 aromatic heterocycles. The van der Waals surface area contributed by atoms with Gasteiger partial charge in [0.25, 0.3) is 5.89 Å². The highest BCUT2D eigenvalue weighted by Gasteiger charge is 2.17. The van der Waals surface area contributed by atoms with E-state index in [4.69, 9.17) is 18.4 Å². The van der Waals surface area contributed by atoms with Crippen LogP contribution in [0.1, 0.15) is 0 Å². The number of halogens is 1. The molecular formula is C19H13FN2O5. The van der Waals surface area contributed by atoms with Gasteiger partial charge in [-0.05, 0) is 42.5 Å². The molecule has 4 aromatic rings. The van der Waals surface area contributed by atoms with Gasteiger partial charge in [0.05, 0.1) is 14.2 Å². The highest BCUT2D eigenvalue weighted by atomic mass is 19.1. The van der Waals surface area contributed by atoms with Gasteiger partial charge in [0.2, 0.25) is 5.82 Å². The molecule has 7 nitrogen and oxygen atoms in total. The summed E-state index contributed by atoms with van der Waals surface area (Å²) in [5.74, 6) is 0.840. The van der Waals surface area contributed by atoms with Gasteiger partial charge in [-0.1, -0.05) is 5.16 Å². The van der Waals surface area contributed by atoms with E-state index in [1.807, 2.05) is 0 Å². The van der Waals surface area contributed by atoms with E-state index in [1.54, 1.807) is 18.2 Å². The zero-order valence-electron chi connectivity index (χ0n) is 14.4.